The minimum atomic E-state index is -0.0139. The van der Waals surface area contributed by atoms with Gasteiger partial charge in [0.05, 0.1) is 0 Å². The standard InChI is InChI=1S/C13H10BrNO/c1-9-4-5-11(12(14)7-9)13(16)10-3-2-6-15-8-10/h2-8H,1H3. The fourth-order valence-corrected chi connectivity index (χ4v) is 2.13. The first-order chi connectivity index (χ1) is 7.68. The van der Waals surface area contributed by atoms with Gasteiger partial charge >= 0.3 is 0 Å². The molecule has 2 rings (SSSR count). The number of aryl methyl sites for hydroxylation is 1. The highest BCUT2D eigenvalue weighted by Crippen LogP contribution is 2.21. The zero-order chi connectivity index (χ0) is 11.5. The van der Waals surface area contributed by atoms with E-state index in [1.165, 1.54) is 0 Å². The summed E-state index contributed by atoms with van der Waals surface area (Å²) in [4.78, 5) is 16.1. The summed E-state index contributed by atoms with van der Waals surface area (Å²) < 4.78 is 0.821. The summed E-state index contributed by atoms with van der Waals surface area (Å²) in [6.07, 6.45) is 3.23. The van der Waals surface area contributed by atoms with E-state index in [0.29, 0.717) is 11.1 Å². The minimum Gasteiger partial charge on any atom is -0.289 e. The van der Waals surface area contributed by atoms with Crippen LogP contribution in [0.4, 0.5) is 0 Å². The summed E-state index contributed by atoms with van der Waals surface area (Å²) in [5, 5.41) is 0. The molecular formula is C13H10BrNO. The van der Waals surface area contributed by atoms with Crippen LogP contribution in [0.1, 0.15) is 21.5 Å². The summed E-state index contributed by atoms with van der Waals surface area (Å²) in [6.45, 7) is 1.99. The van der Waals surface area contributed by atoms with E-state index in [1.54, 1.807) is 24.5 Å². The fourth-order valence-electron chi connectivity index (χ4n) is 1.46. The van der Waals surface area contributed by atoms with Gasteiger partial charge in [0.15, 0.2) is 5.78 Å². The van der Waals surface area contributed by atoms with E-state index in [2.05, 4.69) is 20.9 Å². The van der Waals surface area contributed by atoms with E-state index in [4.69, 9.17) is 0 Å². The maximum atomic E-state index is 12.1. The van der Waals surface area contributed by atoms with Gasteiger partial charge in [-0.1, -0.05) is 22.0 Å². The zero-order valence-electron chi connectivity index (χ0n) is 8.77. The van der Waals surface area contributed by atoms with Crippen molar-refractivity contribution in [2.24, 2.45) is 0 Å². The number of hydrogen-bond acceptors (Lipinski definition) is 2. The lowest BCUT2D eigenvalue weighted by atomic mass is 10.0. The van der Waals surface area contributed by atoms with Crippen LogP contribution >= 0.6 is 15.9 Å². The number of ketones is 1. The first-order valence-electron chi connectivity index (χ1n) is 4.89. The molecule has 0 N–H and O–H groups in total. The smallest absolute Gasteiger partial charge is 0.195 e. The highest BCUT2D eigenvalue weighted by Gasteiger charge is 2.12. The number of pyridine rings is 1. The van der Waals surface area contributed by atoms with Crippen molar-refractivity contribution in [3.05, 3.63) is 63.9 Å². The molecule has 1 heterocycles. The third kappa shape index (κ3) is 2.19. The number of rotatable bonds is 2. The van der Waals surface area contributed by atoms with Crippen LogP contribution in [-0.4, -0.2) is 10.8 Å². The van der Waals surface area contributed by atoms with E-state index >= 15 is 0 Å². The quantitative estimate of drug-likeness (QED) is 0.787. The van der Waals surface area contributed by atoms with Gasteiger partial charge in [-0.3, -0.25) is 9.78 Å². The average molecular weight is 276 g/mol. The molecule has 0 bridgehead atoms. The van der Waals surface area contributed by atoms with Crippen LogP contribution in [0, 0.1) is 6.92 Å². The molecule has 0 aliphatic carbocycles. The lowest BCUT2D eigenvalue weighted by molar-refractivity contribution is 0.103. The molecule has 0 fully saturated rings. The van der Waals surface area contributed by atoms with Crippen LogP contribution in [0.3, 0.4) is 0 Å². The normalized spacial score (nSPS) is 10.1. The Morgan fingerprint density at radius 3 is 2.75 bits per heavy atom. The predicted molar refractivity (Wildman–Crippen MR) is 66.5 cm³/mol. The van der Waals surface area contributed by atoms with Crippen LogP contribution in [0.25, 0.3) is 0 Å². The van der Waals surface area contributed by atoms with Crippen LogP contribution in [0.5, 0.6) is 0 Å². The van der Waals surface area contributed by atoms with Crippen molar-refractivity contribution in [3.8, 4) is 0 Å². The molecule has 1 aromatic carbocycles. The third-order valence-corrected chi connectivity index (χ3v) is 2.95. The Balaban J connectivity index is 2.42. The lowest BCUT2D eigenvalue weighted by Crippen LogP contribution is -2.02. The van der Waals surface area contributed by atoms with E-state index in [9.17, 15) is 4.79 Å². The van der Waals surface area contributed by atoms with Gasteiger partial charge in [-0.25, -0.2) is 0 Å². The highest BCUT2D eigenvalue weighted by atomic mass is 79.9. The van der Waals surface area contributed by atoms with Crippen molar-refractivity contribution < 1.29 is 4.79 Å². The molecule has 0 aliphatic heterocycles. The largest absolute Gasteiger partial charge is 0.289 e. The lowest BCUT2D eigenvalue weighted by Gasteiger charge is -2.04. The van der Waals surface area contributed by atoms with Crippen LogP contribution in [-0.2, 0) is 0 Å². The molecule has 0 radical (unpaired) electrons. The van der Waals surface area contributed by atoms with E-state index < -0.39 is 0 Å². The number of carbonyl (C=O) groups is 1. The molecule has 80 valence electrons. The van der Waals surface area contributed by atoms with Gasteiger partial charge in [0.25, 0.3) is 0 Å². The van der Waals surface area contributed by atoms with Gasteiger partial charge in [0.2, 0.25) is 0 Å². The molecular weight excluding hydrogens is 266 g/mol. The number of benzene rings is 1. The van der Waals surface area contributed by atoms with Crippen LogP contribution < -0.4 is 0 Å². The first-order valence-corrected chi connectivity index (χ1v) is 5.68. The summed E-state index contributed by atoms with van der Waals surface area (Å²) >= 11 is 3.40. The van der Waals surface area contributed by atoms with E-state index in [1.807, 2.05) is 25.1 Å². The van der Waals surface area contributed by atoms with Gasteiger partial charge in [0.1, 0.15) is 0 Å². The van der Waals surface area contributed by atoms with Crippen molar-refractivity contribution in [3.63, 3.8) is 0 Å². The molecule has 1 aromatic heterocycles. The molecule has 3 heteroatoms. The molecule has 16 heavy (non-hydrogen) atoms. The number of carbonyl (C=O) groups excluding carboxylic acids is 1. The number of hydrogen-bond donors (Lipinski definition) is 0. The third-order valence-electron chi connectivity index (χ3n) is 2.29. The molecule has 0 saturated heterocycles. The second kappa shape index (κ2) is 4.58. The molecule has 0 spiro atoms. The topological polar surface area (TPSA) is 30.0 Å². The maximum Gasteiger partial charge on any atom is 0.195 e. The Hall–Kier alpha value is -1.48. The summed E-state index contributed by atoms with van der Waals surface area (Å²) in [6, 6.07) is 9.21. The number of aromatic nitrogens is 1. The summed E-state index contributed by atoms with van der Waals surface area (Å²) in [5.41, 5.74) is 2.39. The average Bonchev–Trinajstić information content (AvgIpc) is 2.29. The van der Waals surface area contributed by atoms with E-state index in [0.717, 1.165) is 10.0 Å². The van der Waals surface area contributed by atoms with Crippen molar-refractivity contribution in [1.29, 1.82) is 0 Å². The van der Waals surface area contributed by atoms with Crippen molar-refractivity contribution >= 4 is 21.7 Å². The van der Waals surface area contributed by atoms with Crippen molar-refractivity contribution in [2.75, 3.05) is 0 Å². The predicted octanol–water partition coefficient (Wildman–Crippen LogP) is 3.38. The van der Waals surface area contributed by atoms with Crippen molar-refractivity contribution in [2.45, 2.75) is 6.92 Å². The van der Waals surface area contributed by atoms with Gasteiger partial charge in [-0.2, -0.15) is 0 Å². The second-order valence-corrected chi connectivity index (χ2v) is 4.41. The minimum absolute atomic E-state index is 0.0139. The van der Waals surface area contributed by atoms with Crippen molar-refractivity contribution in [1.82, 2.24) is 4.98 Å². The van der Waals surface area contributed by atoms with Gasteiger partial charge < -0.3 is 0 Å². The van der Waals surface area contributed by atoms with Gasteiger partial charge in [-0.15, -0.1) is 0 Å². The number of nitrogens with zero attached hydrogens (tertiary/aromatic N) is 1. The Bertz CT molecular complexity index is 523. The Labute approximate surface area is 102 Å². The van der Waals surface area contributed by atoms with Crippen LogP contribution in [0.15, 0.2) is 47.2 Å². The molecule has 0 saturated carbocycles. The molecule has 0 atom stereocenters. The van der Waals surface area contributed by atoms with Crippen LogP contribution in [0.2, 0.25) is 0 Å². The first kappa shape index (κ1) is 11.0. The maximum absolute atomic E-state index is 12.1. The highest BCUT2D eigenvalue weighted by molar-refractivity contribution is 9.10. The molecule has 0 unspecified atom stereocenters. The van der Waals surface area contributed by atoms with E-state index in [-0.39, 0.29) is 5.78 Å². The summed E-state index contributed by atoms with van der Waals surface area (Å²) in [7, 11) is 0. The van der Waals surface area contributed by atoms with Gasteiger partial charge in [-0.05, 0) is 36.8 Å². The molecule has 0 amide bonds. The Kier molecular flexibility index (Phi) is 3.15. The Morgan fingerprint density at radius 2 is 2.12 bits per heavy atom. The molecule has 0 aliphatic rings. The number of halogens is 1. The Morgan fingerprint density at radius 1 is 1.31 bits per heavy atom. The zero-order valence-corrected chi connectivity index (χ0v) is 10.4. The second-order valence-electron chi connectivity index (χ2n) is 3.55. The molecule has 2 aromatic rings. The fraction of sp³-hybridized carbons (Fsp3) is 0.0769. The monoisotopic (exact) mass is 275 g/mol. The summed E-state index contributed by atoms with van der Waals surface area (Å²) in [5.74, 6) is -0.0139. The van der Waals surface area contributed by atoms with Gasteiger partial charge in [0, 0.05) is 28.0 Å². The SMILES string of the molecule is Cc1ccc(C(=O)c2cccnc2)c(Br)c1. The molecule has 2 nitrogen and oxygen atoms in total.